The average molecular weight is 393 g/mol. The molecule has 6 nitrogen and oxygen atoms in total. The number of benzene rings is 2. The lowest BCUT2D eigenvalue weighted by atomic mass is 10.0. The first-order valence-electron chi connectivity index (χ1n) is 9.46. The van der Waals surface area contributed by atoms with E-state index < -0.39 is 30.4 Å². The van der Waals surface area contributed by atoms with Crippen LogP contribution in [0.4, 0.5) is 0 Å². The summed E-state index contributed by atoms with van der Waals surface area (Å²) < 4.78 is 5.24. The first-order chi connectivity index (χ1) is 13.7. The van der Waals surface area contributed by atoms with Crippen LogP contribution in [0, 0.1) is 19.8 Å². The summed E-state index contributed by atoms with van der Waals surface area (Å²) in [6.45, 7) is 6.74. The van der Waals surface area contributed by atoms with Crippen molar-refractivity contribution in [2.75, 3.05) is 6.61 Å². The molecule has 1 aliphatic heterocycles. The van der Waals surface area contributed by atoms with E-state index in [-0.39, 0.29) is 22.8 Å². The second-order valence-corrected chi connectivity index (χ2v) is 7.56. The van der Waals surface area contributed by atoms with Crippen LogP contribution in [0.25, 0.3) is 0 Å². The van der Waals surface area contributed by atoms with E-state index in [9.17, 15) is 19.2 Å². The SMILES string of the molecule is Cc1ccc(C(=O)COC(=O)[C@H](C(C)C)N2C(=O)c3ccccc3C2=O)c(C)c1. The maximum absolute atomic E-state index is 12.8. The molecule has 29 heavy (non-hydrogen) atoms. The monoisotopic (exact) mass is 393 g/mol. The highest BCUT2D eigenvalue weighted by atomic mass is 16.5. The number of hydrogen-bond donors (Lipinski definition) is 0. The number of fused-ring (bicyclic) bond motifs is 1. The van der Waals surface area contributed by atoms with Gasteiger partial charge in [-0.3, -0.25) is 19.3 Å². The van der Waals surface area contributed by atoms with E-state index in [2.05, 4.69) is 0 Å². The van der Waals surface area contributed by atoms with Gasteiger partial charge in [0.25, 0.3) is 11.8 Å². The Bertz CT molecular complexity index is 973. The van der Waals surface area contributed by atoms with Crippen LogP contribution in [-0.4, -0.2) is 41.1 Å². The Hall–Kier alpha value is -3.28. The van der Waals surface area contributed by atoms with Gasteiger partial charge in [-0.2, -0.15) is 0 Å². The standard InChI is InChI=1S/C23H23NO5/c1-13(2)20(24-21(26)17-7-5-6-8-18(17)22(24)27)23(28)29-12-19(25)16-10-9-14(3)11-15(16)4/h5-11,13,20H,12H2,1-4H3/t20-/m0/s1. The number of carbonyl (C=O) groups is 4. The molecule has 0 unspecified atom stereocenters. The lowest BCUT2D eigenvalue weighted by molar-refractivity contribution is -0.148. The van der Waals surface area contributed by atoms with E-state index in [0.29, 0.717) is 5.56 Å². The zero-order valence-corrected chi connectivity index (χ0v) is 16.9. The first kappa shape index (κ1) is 20.5. The van der Waals surface area contributed by atoms with Gasteiger partial charge in [-0.25, -0.2) is 4.79 Å². The Morgan fingerprint density at radius 1 is 0.966 bits per heavy atom. The molecule has 0 spiro atoms. The third kappa shape index (κ3) is 3.83. The van der Waals surface area contributed by atoms with Gasteiger partial charge in [0.05, 0.1) is 11.1 Å². The largest absolute Gasteiger partial charge is 0.456 e. The fourth-order valence-corrected chi connectivity index (χ4v) is 3.56. The van der Waals surface area contributed by atoms with Crippen LogP contribution in [0.5, 0.6) is 0 Å². The van der Waals surface area contributed by atoms with Crippen LogP contribution in [-0.2, 0) is 9.53 Å². The molecule has 2 amide bonds. The molecule has 0 N–H and O–H groups in total. The number of aryl methyl sites for hydroxylation is 2. The molecular formula is C23H23NO5. The topological polar surface area (TPSA) is 80.8 Å². The molecule has 2 aromatic rings. The quantitative estimate of drug-likeness (QED) is 0.427. The minimum absolute atomic E-state index is 0.266. The Morgan fingerprint density at radius 3 is 2.07 bits per heavy atom. The Balaban J connectivity index is 1.77. The molecule has 1 atom stereocenters. The molecule has 0 fully saturated rings. The minimum Gasteiger partial charge on any atom is -0.456 e. The van der Waals surface area contributed by atoms with Gasteiger partial charge in [-0.05, 0) is 37.5 Å². The summed E-state index contributed by atoms with van der Waals surface area (Å²) in [5.41, 5.74) is 2.84. The third-order valence-corrected chi connectivity index (χ3v) is 5.00. The van der Waals surface area contributed by atoms with Gasteiger partial charge in [-0.15, -0.1) is 0 Å². The molecule has 1 heterocycles. The zero-order chi connectivity index (χ0) is 21.3. The van der Waals surface area contributed by atoms with Gasteiger partial charge < -0.3 is 4.74 Å². The van der Waals surface area contributed by atoms with Crippen LogP contribution in [0.15, 0.2) is 42.5 Å². The van der Waals surface area contributed by atoms with Gasteiger partial charge >= 0.3 is 5.97 Å². The fraction of sp³-hybridized carbons (Fsp3) is 0.304. The van der Waals surface area contributed by atoms with E-state index in [4.69, 9.17) is 4.74 Å². The summed E-state index contributed by atoms with van der Waals surface area (Å²) in [5.74, 6) is -2.53. The van der Waals surface area contributed by atoms with Crippen molar-refractivity contribution in [2.45, 2.75) is 33.7 Å². The van der Waals surface area contributed by atoms with Crippen molar-refractivity contribution in [1.29, 1.82) is 0 Å². The highest BCUT2D eigenvalue weighted by molar-refractivity contribution is 6.22. The number of ketones is 1. The summed E-state index contributed by atoms with van der Waals surface area (Å²) in [6.07, 6.45) is 0. The molecule has 0 aliphatic carbocycles. The van der Waals surface area contributed by atoms with Crippen molar-refractivity contribution < 1.29 is 23.9 Å². The molecule has 0 saturated heterocycles. The highest BCUT2D eigenvalue weighted by Gasteiger charge is 2.44. The third-order valence-electron chi connectivity index (χ3n) is 5.00. The molecule has 0 radical (unpaired) electrons. The maximum Gasteiger partial charge on any atom is 0.330 e. The van der Waals surface area contributed by atoms with Crippen molar-refractivity contribution >= 4 is 23.6 Å². The number of nitrogens with zero attached hydrogens (tertiary/aromatic N) is 1. The van der Waals surface area contributed by atoms with Crippen LogP contribution >= 0.6 is 0 Å². The van der Waals surface area contributed by atoms with Crippen LogP contribution in [0.1, 0.15) is 56.0 Å². The Morgan fingerprint density at radius 2 is 1.55 bits per heavy atom. The zero-order valence-electron chi connectivity index (χ0n) is 16.9. The predicted octanol–water partition coefficient (Wildman–Crippen LogP) is 3.35. The number of rotatable bonds is 6. The summed E-state index contributed by atoms with van der Waals surface area (Å²) in [5, 5.41) is 0. The van der Waals surface area contributed by atoms with E-state index in [1.165, 1.54) is 0 Å². The van der Waals surface area contributed by atoms with Gasteiger partial charge in [0.1, 0.15) is 6.04 Å². The smallest absolute Gasteiger partial charge is 0.330 e. The second-order valence-electron chi connectivity index (χ2n) is 7.56. The first-order valence-corrected chi connectivity index (χ1v) is 9.46. The Kier molecular flexibility index (Phi) is 5.64. The number of ether oxygens (including phenoxy) is 1. The molecule has 150 valence electrons. The summed E-state index contributed by atoms with van der Waals surface area (Å²) in [4.78, 5) is 51.6. The normalized spacial score (nSPS) is 14.2. The second kappa shape index (κ2) is 7.99. The minimum atomic E-state index is -1.10. The van der Waals surface area contributed by atoms with Crippen LogP contribution in [0.3, 0.4) is 0 Å². The van der Waals surface area contributed by atoms with Crippen molar-refractivity contribution in [1.82, 2.24) is 4.90 Å². The number of amides is 2. The van der Waals surface area contributed by atoms with Gasteiger partial charge in [0.2, 0.25) is 5.78 Å². The van der Waals surface area contributed by atoms with Crippen LogP contribution < -0.4 is 0 Å². The van der Waals surface area contributed by atoms with E-state index >= 15 is 0 Å². The van der Waals surface area contributed by atoms with Gasteiger partial charge in [0, 0.05) is 5.56 Å². The fourth-order valence-electron chi connectivity index (χ4n) is 3.56. The van der Waals surface area contributed by atoms with Crippen molar-refractivity contribution in [2.24, 2.45) is 5.92 Å². The molecule has 0 aromatic heterocycles. The maximum atomic E-state index is 12.8. The number of esters is 1. The molecule has 1 aliphatic rings. The van der Waals surface area contributed by atoms with Crippen molar-refractivity contribution in [3.63, 3.8) is 0 Å². The molecular weight excluding hydrogens is 370 g/mol. The Labute approximate surface area is 169 Å². The molecule has 2 aromatic carbocycles. The number of hydrogen-bond acceptors (Lipinski definition) is 5. The summed E-state index contributed by atoms with van der Waals surface area (Å²) in [7, 11) is 0. The van der Waals surface area contributed by atoms with Crippen molar-refractivity contribution in [3.05, 3.63) is 70.3 Å². The number of carbonyl (C=O) groups excluding carboxylic acids is 4. The predicted molar refractivity (Wildman–Crippen MR) is 107 cm³/mol. The highest BCUT2D eigenvalue weighted by Crippen LogP contribution is 2.27. The summed E-state index contributed by atoms with van der Waals surface area (Å²) >= 11 is 0. The molecule has 0 bridgehead atoms. The van der Waals surface area contributed by atoms with Gasteiger partial charge in [-0.1, -0.05) is 49.7 Å². The van der Waals surface area contributed by atoms with Crippen molar-refractivity contribution in [3.8, 4) is 0 Å². The van der Waals surface area contributed by atoms with Gasteiger partial charge in [0.15, 0.2) is 6.61 Å². The summed E-state index contributed by atoms with van der Waals surface area (Å²) in [6, 6.07) is 10.7. The number of Topliss-reactive ketones (excluding diaryl/α,β-unsaturated/α-hetero) is 1. The lowest BCUT2D eigenvalue weighted by Gasteiger charge is -2.27. The average Bonchev–Trinajstić information content (AvgIpc) is 2.91. The van der Waals surface area contributed by atoms with E-state index in [1.807, 2.05) is 26.0 Å². The molecule has 6 heteroatoms. The molecule has 0 saturated carbocycles. The molecule has 3 rings (SSSR count). The van der Waals surface area contributed by atoms with E-state index in [1.54, 1.807) is 44.2 Å². The lowest BCUT2D eigenvalue weighted by Crippen LogP contribution is -2.49. The van der Waals surface area contributed by atoms with E-state index in [0.717, 1.165) is 16.0 Å². The number of imide groups is 1. The van der Waals surface area contributed by atoms with Crippen LogP contribution in [0.2, 0.25) is 0 Å².